The predicted octanol–water partition coefficient (Wildman–Crippen LogP) is 1.51. The van der Waals surface area contributed by atoms with Crippen molar-refractivity contribution < 1.29 is 64.6 Å². The topological polar surface area (TPSA) is 152 Å². The van der Waals surface area contributed by atoms with E-state index in [4.69, 9.17) is 35.0 Å². The average molecular weight is 465 g/mol. The van der Waals surface area contributed by atoms with E-state index in [2.05, 4.69) is 37.3 Å². The van der Waals surface area contributed by atoms with Gasteiger partial charge in [0.2, 0.25) is 10.4 Å². The van der Waals surface area contributed by atoms with Crippen molar-refractivity contribution in [3.63, 3.8) is 0 Å². The Labute approximate surface area is 197 Å². The van der Waals surface area contributed by atoms with E-state index in [0.717, 1.165) is 0 Å². The first-order chi connectivity index (χ1) is 12.9. The van der Waals surface area contributed by atoms with Crippen molar-refractivity contribution in [3.05, 3.63) is 35.9 Å². The molecular formula is C18H33NaO8S2. The summed E-state index contributed by atoms with van der Waals surface area (Å²) in [6, 6.07) is 10.9. The van der Waals surface area contributed by atoms with Crippen LogP contribution in [0.4, 0.5) is 0 Å². The van der Waals surface area contributed by atoms with Gasteiger partial charge in [-0.25, -0.2) is 8.42 Å². The molecule has 0 saturated carbocycles. The van der Waals surface area contributed by atoms with Crippen molar-refractivity contribution in [2.75, 3.05) is 0 Å². The van der Waals surface area contributed by atoms with E-state index in [1.807, 2.05) is 0 Å². The van der Waals surface area contributed by atoms with Crippen molar-refractivity contribution in [2.24, 2.45) is 0 Å². The zero-order valence-corrected chi connectivity index (χ0v) is 21.0. The van der Waals surface area contributed by atoms with Gasteiger partial charge in [-0.2, -0.15) is 8.42 Å². The summed E-state index contributed by atoms with van der Waals surface area (Å²) in [7, 11) is -9.58. The van der Waals surface area contributed by atoms with Crippen LogP contribution in [-0.2, 0) is 27.2 Å². The first-order valence-electron chi connectivity index (χ1n) is 9.35. The Hall–Kier alpha value is -0.0400. The summed E-state index contributed by atoms with van der Waals surface area (Å²) in [4.78, 5) is 0. The molecular weight excluding hydrogens is 431 g/mol. The summed E-state index contributed by atoms with van der Waals surface area (Å²) in [5.74, 6) is 0. The van der Waals surface area contributed by atoms with Crippen molar-refractivity contribution in [2.45, 2.75) is 77.6 Å². The van der Waals surface area contributed by atoms with Crippen LogP contribution in [0.2, 0.25) is 0 Å². The molecule has 166 valence electrons. The molecule has 0 aliphatic heterocycles. The molecule has 0 radical (unpaired) electrons. The number of aryl methyl sites for hydroxylation is 1. The molecule has 0 heterocycles. The molecule has 0 spiro atoms. The first kappa shape index (κ1) is 33.6. The van der Waals surface area contributed by atoms with Crippen LogP contribution in [0.15, 0.2) is 30.3 Å². The van der Waals surface area contributed by atoms with E-state index in [-0.39, 0.29) is 29.6 Å². The molecule has 0 saturated heterocycles. The molecule has 1 rings (SSSR count). The maximum atomic E-state index is 8.74. The molecule has 0 aromatic heterocycles. The van der Waals surface area contributed by atoms with E-state index in [0.29, 0.717) is 0 Å². The quantitative estimate of drug-likeness (QED) is 0.193. The average Bonchev–Trinajstić information content (AvgIpc) is 2.54. The minimum absolute atomic E-state index is 0. The molecule has 1 aromatic rings. The normalized spacial score (nSPS) is 10.7. The van der Waals surface area contributed by atoms with Gasteiger partial charge in [0.1, 0.15) is 0 Å². The third-order valence-corrected chi connectivity index (χ3v) is 3.66. The monoisotopic (exact) mass is 464 g/mol. The fourth-order valence-corrected chi connectivity index (χ4v) is 2.46. The molecule has 8 nitrogen and oxygen atoms in total. The maximum absolute atomic E-state index is 8.74. The molecule has 0 aliphatic rings. The third kappa shape index (κ3) is 47.3. The van der Waals surface area contributed by atoms with Crippen molar-refractivity contribution in [3.8, 4) is 0 Å². The number of unbranched alkanes of at least 4 members (excludes halogenated alkanes) is 9. The van der Waals surface area contributed by atoms with Gasteiger partial charge in [-0.1, -0.05) is 95.0 Å². The molecule has 0 fully saturated rings. The van der Waals surface area contributed by atoms with Crippen LogP contribution >= 0.6 is 0 Å². The van der Waals surface area contributed by atoms with Gasteiger partial charge in [0, 0.05) is 0 Å². The molecule has 1 aromatic carbocycles. The van der Waals surface area contributed by atoms with Crippen molar-refractivity contribution in [1.29, 1.82) is 0 Å². The van der Waals surface area contributed by atoms with Gasteiger partial charge >= 0.3 is 40.0 Å². The smallest absolute Gasteiger partial charge is 0.726 e. The SMILES string of the molecule is CCCCCCCCCCCCc1ccccc1.O=S(=O)(O)O.O=S(=O)([O-])O.[Na+]. The van der Waals surface area contributed by atoms with Gasteiger partial charge in [0.25, 0.3) is 0 Å². The van der Waals surface area contributed by atoms with Gasteiger partial charge in [-0.05, 0) is 18.4 Å². The summed E-state index contributed by atoms with van der Waals surface area (Å²) in [5.41, 5.74) is 1.50. The molecule has 0 bridgehead atoms. The van der Waals surface area contributed by atoms with Gasteiger partial charge in [0.15, 0.2) is 0 Å². The van der Waals surface area contributed by atoms with Gasteiger partial charge in [0.05, 0.1) is 0 Å². The third-order valence-electron chi connectivity index (χ3n) is 3.66. The summed E-state index contributed by atoms with van der Waals surface area (Å²) in [6.07, 6.45) is 15.5. The molecule has 11 heteroatoms. The Bertz CT molecular complexity index is 618. The maximum Gasteiger partial charge on any atom is 1.00 e. The first-order valence-corrected chi connectivity index (χ1v) is 12.1. The predicted molar refractivity (Wildman–Crippen MR) is 108 cm³/mol. The minimum Gasteiger partial charge on any atom is -0.726 e. The molecule has 0 atom stereocenters. The van der Waals surface area contributed by atoms with E-state index in [1.54, 1.807) is 0 Å². The van der Waals surface area contributed by atoms with Crippen LogP contribution in [0.25, 0.3) is 0 Å². The number of hydrogen-bond donors (Lipinski definition) is 3. The van der Waals surface area contributed by atoms with Gasteiger partial charge in [-0.3, -0.25) is 13.7 Å². The van der Waals surface area contributed by atoms with E-state index in [1.165, 1.54) is 76.2 Å². The summed E-state index contributed by atoms with van der Waals surface area (Å²) >= 11 is 0. The van der Waals surface area contributed by atoms with Crippen molar-refractivity contribution >= 4 is 20.8 Å². The second-order valence-electron chi connectivity index (χ2n) is 6.29. The Balaban J connectivity index is -0.000000512. The molecule has 0 amide bonds. The number of rotatable bonds is 11. The zero-order valence-electron chi connectivity index (χ0n) is 17.4. The Morgan fingerprint density at radius 2 is 1.03 bits per heavy atom. The minimum atomic E-state index is -4.92. The molecule has 29 heavy (non-hydrogen) atoms. The zero-order chi connectivity index (χ0) is 21.9. The van der Waals surface area contributed by atoms with E-state index in [9.17, 15) is 0 Å². The van der Waals surface area contributed by atoms with E-state index < -0.39 is 20.8 Å². The Morgan fingerprint density at radius 1 is 0.724 bits per heavy atom. The van der Waals surface area contributed by atoms with Crippen LogP contribution in [-0.4, -0.2) is 35.0 Å². The van der Waals surface area contributed by atoms with Crippen LogP contribution in [0.1, 0.15) is 76.7 Å². The van der Waals surface area contributed by atoms with Crippen LogP contribution in [0.5, 0.6) is 0 Å². The number of hydrogen-bond acceptors (Lipinski definition) is 5. The summed E-state index contributed by atoms with van der Waals surface area (Å²) in [6.45, 7) is 2.28. The largest absolute Gasteiger partial charge is 1.00 e. The van der Waals surface area contributed by atoms with Gasteiger partial charge < -0.3 is 4.55 Å². The van der Waals surface area contributed by atoms with Gasteiger partial charge in [-0.15, -0.1) is 0 Å². The fraction of sp³-hybridized carbons (Fsp3) is 0.667. The van der Waals surface area contributed by atoms with Crippen LogP contribution in [0, 0.1) is 0 Å². The standard InChI is InChI=1S/C18H30.Na.2H2O4S/c1-2-3-4-5-6-7-8-9-10-12-15-18-16-13-11-14-17-18;;2*1-5(2,3)4/h11,13-14,16-17H,2-10,12,15H2,1H3;;2*(H2,1,2,3,4)/q;+1;;/p-1. The fourth-order valence-electron chi connectivity index (χ4n) is 2.46. The molecule has 0 aliphatic carbocycles. The second kappa shape index (κ2) is 21.2. The Morgan fingerprint density at radius 3 is 1.38 bits per heavy atom. The Kier molecular flexibility index (Phi) is 24.6. The summed E-state index contributed by atoms with van der Waals surface area (Å²) < 4.78 is 64.4. The van der Waals surface area contributed by atoms with E-state index >= 15 is 0 Å². The molecule has 0 unspecified atom stereocenters. The second-order valence-corrected chi connectivity index (χ2v) is 8.04. The van der Waals surface area contributed by atoms with Crippen molar-refractivity contribution in [1.82, 2.24) is 0 Å². The summed E-state index contributed by atoms with van der Waals surface area (Å²) in [5, 5.41) is 0. The number of benzene rings is 1. The van der Waals surface area contributed by atoms with Crippen LogP contribution in [0.3, 0.4) is 0 Å². The van der Waals surface area contributed by atoms with Crippen LogP contribution < -0.4 is 29.6 Å². The molecule has 3 N–H and O–H groups in total.